The standard InChI is InChI=1S/C25H17ClN8O/c1-14-8-15(12-27)2-3-16(14)13-33-22(6-7-28-33)17-9-19(26)24-23(10-17)34(32-31-24)18-4-5-20-21(11-18)30-25(35)29-20/h2-11H,13H2,1H3,(H2,29,30,35). The number of hydrogen-bond donors (Lipinski definition) is 2. The molecule has 10 heteroatoms. The van der Waals surface area contributed by atoms with Gasteiger partial charge in [-0.1, -0.05) is 22.9 Å². The maximum Gasteiger partial charge on any atom is 0.323 e. The fraction of sp³-hybridized carbons (Fsp3) is 0.0800. The number of nitrogens with one attached hydrogen (secondary N) is 2. The first-order valence-corrected chi connectivity index (χ1v) is 11.2. The Bertz CT molecular complexity index is 1850. The molecule has 6 aromatic rings. The van der Waals surface area contributed by atoms with E-state index in [0.717, 1.165) is 33.6 Å². The number of hydrogen-bond acceptors (Lipinski definition) is 5. The molecule has 35 heavy (non-hydrogen) atoms. The van der Waals surface area contributed by atoms with Crippen LogP contribution in [0, 0.1) is 18.3 Å². The van der Waals surface area contributed by atoms with Gasteiger partial charge >= 0.3 is 5.69 Å². The van der Waals surface area contributed by atoms with Gasteiger partial charge in [0.2, 0.25) is 0 Å². The second-order valence-corrected chi connectivity index (χ2v) is 8.67. The minimum Gasteiger partial charge on any atom is -0.306 e. The lowest BCUT2D eigenvalue weighted by Gasteiger charge is -2.11. The van der Waals surface area contributed by atoms with E-state index in [1.165, 1.54) is 0 Å². The molecule has 3 heterocycles. The average molecular weight is 481 g/mol. The molecule has 2 N–H and O–H groups in total. The van der Waals surface area contributed by atoms with Crippen LogP contribution in [0.4, 0.5) is 0 Å². The Balaban J connectivity index is 1.44. The van der Waals surface area contributed by atoms with Gasteiger partial charge in [0, 0.05) is 11.8 Å². The van der Waals surface area contributed by atoms with Gasteiger partial charge in [0.05, 0.1) is 51.1 Å². The molecule has 0 atom stereocenters. The molecule has 6 rings (SSSR count). The molecular formula is C25H17ClN8O. The summed E-state index contributed by atoms with van der Waals surface area (Å²) in [6.07, 6.45) is 1.75. The quantitative estimate of drug-likeness (QED) is 0.389. The number of benzene rings is 3. The summed E-state index contributed by atoms with van der Waals surface area (Å²) in [5.74, 6) is 0. The normalized spacial score (nSPS) is 11.3. The van der Waals surface area contributed by atoms with Crippen LogP contribution in [0.3, 0.4) is 0 Å². The van der Waals surface area contributed by atoms with Gasteiger partial charge in [-0.2, -0.15) is 10.4 Å². The summed E-state index contributed by atoms with van der Waals surface area (Å²) in [4.78, 5) is 17.2. The molecule has 0 amide bonds. The van der Waals surface area contributed by atoms with E-state index >= 15 is 0 Å². The number of nitriles is 1. The van der Waals surface area contributed by atoms with Crippen molar-refractivity contribution in [1.82, 2.24) is 34.7 Å². The highest BCUT2D eigenvalue weighted by Crippen LogP contribution is 2.31. The highest BCUT2D eigenvalue weighted by Gasteiger charge is 2.16. The van der Waals surface area contributed by atoms with Crippen LogP contribution in [0.25, 0.3) is 39.0 Å². The molecule has 3 aromatic heterocycles. The van der Waals surface area contributed by atoms with Crippen molar-refractivity contribution >= 4 is 33.7 Å². The van der Waals surface area contributed by atoms with Crippen LogP contribution in [0.15, 0.2) is 65.6 Å². The van der Waals surface area contributed by atoms with E-state index < -0.39 is 0 Å². The van der Waals surface area contributed by atoms with Crippen LogP contribution in [-0.2, 0) is 6.54 Å². The monoisotopic (exact) mass is 480 g/mol. The van der Waals surface area contributed by atoms with Crippen LogP contribution in [0.5, 0.6) is 0 Å². The predicted octanol–water partition coefficient (Wildman–Crippen LogP) is 4.34. The van der Waals surface area contributed by atoms with Crippen LogP contribution < -0.4 is 5.69 Å². The largest absolute Gasteiger partial charge is 0.323 e. The Morgan fingerprint density at radius 3 is 2.74 bits per heavy atom. The van der Waals surface area contributed by atoms with E-state index in [1.54, 1.807) is 10.9 Å². The average Bonchev–Trinajstić information content (AvgIpc) is 3.57. The minimum absolute atomic E-state index is 0.267. The first kappa shape index (κ1) is 20.9. The molecule has 0 saturated carbocycles. The summed E-state index contributed by atoms with van der Waals surface area (Å²) in [6.45, 7) is 2.53. The molecule has 0 saturated heterocycles. The summed E-state index contributed by atoms with van der Waals surface area (Å²) < 4.78 is 3.59. The van der Waals surface area contributed by atoms with Gasteiger partial charge in [-0.3, -0.25) is 4.68 Å². The Kier molecular flexibility index (Phi) is 4.76. The van der Waals surface area contributed by atoms with Crippen LogP contribution in [-0.4, -0.2) is 34.7 Å². The molecule has 3 aromatic carbocycles. The highest BCUT2D eigenvalue weighted by molar-refractivity contribution is 6.35. The fourth-order valence-electron chi connectivity index (χ4n) is 4.28. The number of imidazole rings is 1. The molecule has 0 spiro atoms. The van der Waals surface area contributed by atoms with Crippen molar-refractivity contribution in [1.29, 1.82) is 5.26 Å². The molecule has 170 valence electrons. The van der Waals surface area contributed by atoms with Crippen molar-refractivity contribution in [2.24, 2.45) is 0 Å². The summed E-state index contributed by atoms with van der Waals surface area (Å²) in [5, 5.41) is 22.7. The van der Waals surface area contributed by atoms with Gasteiger partial charge < -0.3 is 9.97 Å². The first-order valence-electron chi connectivity index (χ1n) is 10.8. The lowest BCUT2D eigenvalue weighted by molar-refractivity contribution is 0.691. The zero-order valence-corrected chi connectivity index (χ0v) is 19.2. The fourth-order valence-corrected chi connectivity index (χ4v) is 4.53. The van der Waals surface area contributed by atoms with Gasteiger partial charge in [0.1, 0.15) is 5.52 Å². The Labute approximate surface area is 203 Å². The van der Waals surface area contributed by atoms with E-state index in [-0.39, 0.29) is 5.69 Å². The molecule has 0 radical (unpaired) electrons. The molecule has 9 nitrogen and oxygen atoms in total. The number of halogens is 1. The van der Waals surface area contributed by atoms with E-state index in [9.17, 15) is 4.79 Å². The number of aromatic amines is 2. The summed E-state index contributed by atoms with van der Waals surface area (Å²) in [5.41, 5.74) is 7.65. The van der Waals surface area contributed by atoms with Crippen LogP contribution in [0.2, 0.25) is 5.02 Å². The zero-order valence-electron chi connectivity index (χ0n) is 18.5. The molecule has 0 aliphatic carbocycles. The number of aryl methyl sites for hydroxylation is 1. The summed E-state index contributed by atoms with van der Waals surface area (Å²) in [6, 6.07) is 19.1. The summed E-state index contributed by atoms with van der Waals surface area (Å²) in [7, 11) is 0. The maximum atomic E-state index is 11.6. The van der Waals surface area contributed by atoms with E-state index in [1.807, 2.05) is 66.2 Å². The van der Waals surface area contributed by atoms with E-state index in [4.69, 9.17) is 16.9 Å². The number of aromatic nitrogens is 7. The van der Waals surface area contributed by atoms with E-state index in [2.05, 4.69) is 31.4 Å². The third-order valence-corrected chi connectivity index (χ3v) is 6.34. The van der Waals surface area contributed by atoms with Crippen molar-refractivity contribution in [2.45, 2.75) is 13.5 Å². The van der Waals surface area contributed by atoms with Crippen molar-refractivity contribution in [3.8, 4) is 23.0 Å². The van der Waals surface area contributed by atoms with Crippen LogP contribution >= 0.6 is 11.6 Å². The van der Waals surface area contributed by atoms with Gasteiger partial charge in [-0.25, -0.2) is 9.48 Å². The SMILES string of the molecule is Cc1cc(C#N)ccc1Cn1nccc1-c1cc(Cl)c2nnn(-c3ccc4[nH]c(=O)[nH]c4c3)c2c1. The predicted molar refractivity (Wildman–Crippen MR) is 133 cm³/mol. The smallest absolute Gasteiger partial charge is 0.306 e. The third-order valence-electron chi connectivity index (χ3n) is 6.05. The van der Waals surface area contributed by atoms with Crippen molar-refractivity contribution < 1.29 is 0 Å². The number of fused-ring (bicyclic) bond motifs is 2. The molecule has 0 aliphatic heterocycles. The topological polar surface area (TPSA) is 121 Å². The molecule has 0 fully saturated rings. The van der Waals surface area contributed by atoms with Gasteiger partial charge in [-0.05, 0) is 66.6 Å². The number of rotatable bonds is 4. The van der Waals surface area contributed by atoms with Gasteiger partial charge in [-0.15, -0.1) is 5.10 Å². The van der Waals surface area contributed by atoms with Crippen molar-refractivity contribution in [3.63, 3.8) is 0 Å². The highest BCUT2D eigenvalue weighted by atomic mass is 35.5. The minimum atomic E-state index is -0.267. The number of H-pyrrole nitrogens is 2. The molecular weight excluding hydrogens is 464 g/mol. The van der Waals surface area contributed by atoms with E-state index in [0.29, 0.717) is 33.7 Å². The Morgan fingerprint density at radius 1 is 1.06 bits per heavy atom. The Hall–Kier alpha value is -4.68. The second kappa shape index (κ2) is 7.97. The third kappa shape index (κ3) is 3.57. The summed E-state index contributed by atoms with van der Waals surface area (Å²) >= 11 is 6.62. The molecule has 0 aliphatic rings. The van der Waals surface area contributed by atoms with Crippen molar-refractivity contribution in [3.05, 3.63) is 93.0 Å². The lowest BCUT2D eigenvalue weighted by atomic mass is 10.1. The maximum absolute atomic E-state index is 11.6. The molecule has 0 unspecified atom stereocenters. The Morgan fingerprint density at radius 2 is 1.91 bits per heavy atom. The molecule has 0 bridgehead atoms. The van der Waals surface area contributed by atoms with Crippen LogP contribution in [0.1, 0.15) is 16.7 Å². The second-order valence-electron chi connectivity index (χ2n) is 8.26. The first-order chi connectivity index (χ1) is 17.0. The lowest BCUT2D eigenvalue weighted by Crippen LogP contribution is -2.05. The zero-order chi connectivity index (χ0) is 24.1. The van der Waals surface area contributed by atoms with Gasteiger partial charge in [0.25, 0.3) is 0 Å². The van der Waals surface area contributed by atoms with Crippen molar-refractivity contribution in [2.75, 3.05) is 0 Å². The van der Waals surface area contributed by atoms with Gasteiger partial charge in [0.15, 0.2) is 0 Å². The number of nitrogens with zero attached hydrogens (tertiary/aromatic N) is 6.